The molecule has 0 amide bonds. The Hall–Kier alpha value is -2.83. The number of pyridine rings is 1. The van der Waals surface area contributed by atoms with Crippen molar-refractivity contribution in [1.29, 1.82) is 0 Å². The molecule has 0 spiro atoms. The van der Waals surface area contributed by atoms with Gasteiger partial charge in [0.25, 0.3) is 0 Å². The van der Waals surface area contributed by atoms with E-state index in [1.54, 1.807) is 24.7 Å². The molecule has 5 rings (SSSR count). The van der Waals surface area contributed by atoms with Crippen molar-refractivity contribution in [3.05, 3.63) is 36.8 Å². The number of aromatic nitrogens is 4. The third-order valence-corrected chi connectivity index (χ3v) is 7.47. The summed E-state index contributed by atoms with van der Waals surface area (Å²) >= 11 is 0. The Morgan fingerprint density at radius 2 is 1.97 bits per heavy atom. The highest BCUT2D eigenvalue weighted by Crippen LogP contribution is 2.57. The molecule has 2 fully saturated rings. The topological polar surface area (TPSA) is 75.0 Å². The van der Waals surface area contributed by atoms with E-state index in [4.69, 9.17) is 0 Å². The monoisotopic (exact) mass is 421 g/mol. The number of nitrogens with zero attached hydrogens (tertiary/aromatic N) is 5. The minimum Gasteiger partial charge on any atom is -0.507 e. The molecule has 3 aromatic rings. The van der Waals surface area contributed by atoms with Crippen LogP contribution in [0, 0.1) is 10.8 Å². The third kappa shape index (κ3) is 3.40. The van der Waals surface area contributed by atoms with Crippen LogP contribution in [-0.2, 0) is 0 Å². The molecule has 162 valence electrons. The Bertz CT molecular complexity index is 1120. The van der Waals surface area contributed by atoms with Gasteiger partial charge in [0.2, 0.25) is 0 Å². The number of phenolic OH excluding ortho intramolecular Hbond substituents is 1. The second-order valence-electron chi connectivity index (χ2n) is 10.0. The van der Waals surface area contributed by atoms with E-state index >= 15 is 4.39 Å². The molecule has 1 N–H and O–H groups in total. The largest absolute Gasteiger partial charge is 0.507 e. The molecule has 7 heteroatoms. The molecule has 2 aliphatic carbocycles. The molecule has 2 aliphatic rings. The van der Waals surface area contributed by atoms with Crippen LogP contribution in [0.2, 0.25) is 0 Å². The normalized spacial score (nSPS) is 30.3. The summed E-state index contributed by atoms with van der Waals surface area (Å²) in [6.45, 7) is 4.39. The van der Waals surface area contributed by atoms with E-state index in [1.165, 1.54) is 0 Å². The maximum absolute atomic E-state index is 15.6. The molecule has 2 saturated carbocycles. The van der Waals surface area contributed by atoms with Crippen LogP contribution in [0.5, 0.6) is 5.75 Å². The summed E-state index contributed by atoms with van der Waals surface area (Å²) in [5.41, 5.74) is 0.397. The average Bonchev–Trinajstić information content (AvgIpc) is 2.75. The van der Waals surface area contributed by atoms with Gasteiger partial charge in [-0.2, -0.15) is 0 Å². The minimum atomic E-state index is -0.912. The fraction of sp³-hybridized carbons (Fsp3) is 0.500. The number of hydrogen-bond donors (Lipinski definition) is 1. The summed E-state index contributed by atoms with van der Waals surface area (Å²) in [5, 5.41) is 20.8. The Morgan fingerprint density at radius 3 is 2.74 bits per heavy atom. The maximum atomic E-state index is 15.6. The van der Waals surface area contributed by atoms with Crippen LogP contribution < -0.4 is 4.90 Å². The van der Waals surface area contributed by atoms with E-state index in [9.17, 15) is 5.11 Å². The van der Waals surface area contributed by atoms with Gasteiger partial charge >= 0.3 is 0 Å². The molecule has 0 unspecified atom stereocenters. The van der Waals surface area contributed by atoms with Crippen molar-refractivity contribution in [2.24, 2.45) is 10.8 Å². The Kier molecular flexibility index (Phi) is 4.61. The first kappa shape index (κ1) is 20.1. The van der Waals surface area contributed by atoms with E-state index in [1.807, 2.05) is 24.1 Å². The van der Waals surface area contributed by atoms with Gasteiger partial charge < -0.3 is 10.0 Å². The number of phenols is 1. The van der Waals surface area contributed by atoms with Gasteiger partial charge in [0.05, 0.1) is 17.8 Å². The summed E-state index contributed by atoms with van der Waals surface area (Å²) < 4.78 is 15.6. The van der Waals surface area contributed by atoms with Crippen LogP contribution in [0.15, 0.2) is 36.8 Å². The number of benzene rings is 1. The van der Waals surface area contributed by atoms with E-state index in [0.717, 1.165) is 42.9 Å². The van der Waals surface area contributed by atoms with Crippen molar-refractivity contribution >= 4 is 16.6 Å². The summed E-state index contributed by atoms with van der Waals surface area (Å²) in [7, 11) is 1.89. The summed E-state index contributed by atoms with van der Waals surface area (Å²) in [6, 6.07) is 5.11. The first-order valence-corrected chi connectivity index (χ1v) is 10.9. The fourth-order valence-corrected chi connectivity index (χ4v) is 5.91. The second-order valence-corrected chi connectivity index (χ2v) is 10.0. The predicted octanol–water partition coefficient (Wildman–Crippen LogP) is 4.93. The first-order chi connectivity index (χ1) is 14.8. The number of anilines is 1. The molecule has 31 heavy (non-hydrogen) atoms. The molecule has 2 bridgehead atoms. The number of fused-ring (bicyclic) bond motifs is 3. The Morgan fingerprint density at radius 1 is 1.13 bits per heavy atom. The molecule has 0 aliphatic heterocycles. The van der Waals surface area contributed by atoms with Gasteiger partial charge in [0, 0.05) is 30.2 Å². The van der Waals surface area contributed by atoms with E-state index in [-0.39, 0.29) is 22.6 Å². The summed E-state index contributed by atoms with van der Waals surface area (Å²) in [5.74, 6) is 0.964. The lowest BCUT2D eigenvalue weighted by atomic mass is 9.54. The number of rotatable bonds is 3. The highest BCUT2D eigenvalue weighted by atomic mass is 19.1. The molecule has 0 saturated heterocycles. The van der Waals surface area contributed by atoms with Crippen molar-refractivity contribution in [1.82, 2.24) is 20.2 Å². The Labute approximate surface area is 181 Å². The van der Waals surface area contributed by atoms with Gasteiger partial charge in [-0.1, -0.05) is 20.3 Å². The number of alkyl halides is 1. The molecule has 2 heterocycles. The maximum Gasteiger partial charge on any atom is 0.185 e. The van der Waals surface area contributed by atoms with E-state index in [0.29, 0.717) is 17.2 Å². The second kappa shape index (κ2) is 7.11. The molecule has 2 aromatic heterocycles. The van der Waals surface area contributed by atoms with Crippen molar-refractivity contribution in [2.75, 3.05) is 11.9 Å². The van der Waals surface area contributed by atoms with E-state index < -0.39 is 6.17 Å². The van der Waals surface area contributed by atoms with Gasteiger partial charge in [-0.3, -0.25) is 4.98 Å². The van der Waals surface area contributed by atoms with Gasteiger partial charge in [-0.05, 0) is 54.7 Å². The molecular formula is C24H28FN5O. The lowest BCUT2D eigenvalue weighted by Crippen LogP contribution is -2.57. The highest BCUT2D eigenvalue weighted by molar-refractivity contribution is 5.88. The lowest BCUT2D eigenvalue weighted by Gasteiger charge is -2.55. The third-order valence-electron chi connectivity index (χ3n) is 7.47. The van der Waals surface area contributed by atoms with Gasteiger partial charge in [0.1, 0.15) is 11.9 Å². The molecular weight excluding hydrogens is 393 g/mol. The van der Waals surface area contributed by atoms with Crippen LogP contribution >= 0.6 is 0 Å². The highest BCUT2D eigenvalue weighted by Gasteiger charge is 2.54. The fourth-order valence-electron chi connectivity index (χ4n) is 5.91. The predicted molar refractivity (Wildman–Crippen MR) is 119 cm³/mol. The first-order valence-electron chi connectivity index (χ1n) is 10.9. The molecule has 0 radical (unpaired) electrons. The van der Waals surface area contributed by atoms with Crippen LogP contribution in [0.1, 0.15) is 46.0 Å². The van der Waals surface area contributed by atoms with Gasteiger partial charge in [0.15, 0.2) is 11.6 Å². The van der Waals surface area contributed by atoms with Crippen molar-refractivity contribution in [3.63, 3.8) is 0 Å². The van der Waals surface area contributed by atoms with Crippen molar-refractivity contribution in [3.8, 4) is 17.1 Å². The number of aromatic hydroxyl groups is 1. The SMILES string of the molecule is CN(c1cnc(-c2cc3ccncc3cc2O)nn1)[C@@H]1C[C@@]2(C)CCC[C@](C)(C2)[C@H]1F. The zero-order valence-corrected chi connectivity index (χ0v) is 18.2. The molecule has 4 atom stereocenters. The molecule has 6 nitrogen and oxygen atoms in total. The summed E-state index contributed by atoms with van der Waals surface area (Å²) in [6.07, 6.45) is 9.07. The summed E-state index contributed by atoms with van der Waals surface area (Å²) in [4.78, 5) is 10.4. The molecule has 1 aromatic carbocycles. The lowest BCUT2D eigenvalue weighted by molar-refractivity contribution is -0.0540. The van der Waals surface area contributed by atoms with E-state index in [2.05, 4.69) is 34.0 Å². The quantitative estimate of drug-likeness (QED) is 0.647. The van der Waals surface area contributed by atoms with Crippen LogP contribution in [0.4, 0.5) is 10.2 Å². The van der Waals surface area contributed by atoms with Crippen molar-refractivity contribution < 1.29 is 9.50 Å². The van der Waals surface area contributed by atoms with Gasteiger partial charge in [-0.25, -0.2) is 9.37 Å². The van der Waals surface area contributed by atoms with Crippen LogP contribution in [-0.4, -0.2) is 44.5 Å². The number of halogens is 1. The van der Waals surface area contributed by atoms with Crippen LogP contribution in [0.3, 0.4) is 0 Å². The average molecular weight is 422 g/mol. The van der Waals surface area contributed by atoms with Crippen LogP contribution in [0.25, 0.3) is 22.2 Å². The standard InChI is InChI=1S/C24H28FN5O/c1-23-6-4-7-24(2,14-23)21(25)18(11-23)30(3)20-13-27-22(29-28-20)17-9-15-5-8-26-12-16(15)10-19(17)31/h5,8-10,12-13,18,21,31H,4,6-7,11,14H2,1-3H3/t18-,21+,23-,24-/m1/s1. The van der Waals surface area contributed by atoms with Crippen molar-refractivity contribution in [2.45, 2.75) is 58.2 Å². The smallest absolute Gasteiger partial charge is 0.185 e. The Balaban J connectivity index is 1.43. The van der Waals surface area contributed by atoms with Gasteiger partial charge in [-0.15, -0.1) is 10.2 Å². The number of hydrogen-bond acceptors (Lipinski definition) is 6. The minimum absolute atomic E-state index is 0.0770. The zero-order chi connectivity index (χ0) is 21.8. The zero-order valence-electron chi connectivity index (χ0n) is 18.2.